The van der Waals surface area contributed by atoms with Crippen molar-refractivity contribution in [3.8, 4) is 0 Å². The van der Waals surface area contributed by atoms with Gasteiger partial charge in [-0.3, -0.25) is 0 Å². The van der Waals surface area contributed by atoms with Crippen molar-refractivity contribution in [1.82, 2.24) is 0 Å². The van der Waals surface area contributed by atoms with Crippen molar-refractivity contribution in [3.63, 3.8) is 0 Å². The van der Waals surface area contributed by atoms with E-state index in [0.717, 1.165) is 8.66 Å². The van der Waals surface area contributed by atoms with Gasteiger partial charge in [-0.1, -0.05) is 0 Å². The van der Waals surface area contributed by atoms with Gasteiger partial charge in [0.05, 0.1) is 10.9 Å². The molecular weight excluding hydrogens is 240 g/mol. The molecule has 0 bridgehead atoms. The van der Waals surface area contributed by atoms with Crippen LogP contribution < -0.4 is 0 Å². The first-order valence-electron chi connectivity index (χ1n) is 3.24. The predicted molar refractivity (Wildman–Crippen MR) is 53.1 cm³/mol. The highest BCUT2D eigenvalue weighted by Crippen LogP contribution is 2.22. The molecule has 1 aromatic rings. The average molecular weight is 247 g/mol. The lowest BCUT2D eigenvalue weighted by Crippen LogP contribution is -1.92. The molecule has 2 nitrogen and oxygen atoms in total. The van der Waals surface area contributed by atoms with Crippen LogP contribution in [0.15, 0.2) is 22.0 Å². The Morgan fingerprint density at radius 3 is 2.92 bits per heavy atom. The van der Waals surface area contributed by atoms with Crippen LogP contribution in [0.1, 0.15) is 4.88 Å². The Kier molecular flexibility index (Phi) is 3.49. The Hall–Kier alpha value is -0.610. The molecule has 64 valence electrons. The molecule has 12 heavy (non-hydrogen) atoms. The summed E-state index contributed by atoms with van der Waals surface area (Å²) in [5.41, 5.74) is 0. The molecule has 0 N–H and O–H groups in total. The van der Waals surface area contributed by atoms with Gasteiger partial charge in [-0.25, -0.2) is 4.79 Å². The summed E-state index contributed by atoms with van der Waals surface area (Å²) in [7, 11) is 1.36. The molecule has 4 heteroatoms. The first-order chi connectivity index (χ1) is 5.72. The van der Waals surface area contributed by atoms with Crippen LogP contribution in [0.25, 0.3) is 6.08 Å². The van der Waals surface area contributed by atoms with Crippen molar-refractivity contribution >= 4 is 39.3 Å². The monoisotopic (exact) mass is 246 g/mol. The molecule has 0 atom stereocenters. The third-order valence-electron chi connectivity index (χ3n) is 1.18. The summed E-state index contributed by atoms with van der Waals surface area (Å²) in [6.07, 6.45) is 3.12. The van der Waals surface area contributed by atoms with E-state index in [9.17, 15) is 4.79 Å². The first-order valence-corrected chi connectivity index (χ1v) is 4.84. The van der Waals surface area contributed by atoms with E-state index in [4.69, 9.17) is 0 Å². The second-order valence-electron chi connectivity index (χ2n) is 2.00. The number of hydrogen-bond donors (Lipinski definition) is 0. The summed E-state index contributed by atoms with van der Waals surface area (Å²) < 4.78 is 5.49. The zero-order valence-electron chi connectivity index (χ0n) is 6.41. The SMILES string of the molecule is COC(=O)/C=C/c1ccc(Br)s1. The van der Waals surface area contributed by atoms with Crippen LogP contribution in [-0.2, 0) is 9.53 Å². The number of ether oxygens (including phenoxy) is 1. The fourth-order valence-corrected chi connectivity index (χ4v) is 1.96. The van der Waals surface area contributed by atoms with Crippen molar-refractivity contribution in [1.29, 1.82) is 0 Å². The smallest absolute Gasteiger partial charge is 0.330 e. The maximum Gasteiger partial charge on any atom is 0.330 e. The normalized spacial score (nSPS) is 10.5. The highest BCUT2D eigenvalue weighted by atomic mass is 79.9. The Labute approximate surface area is 83.0 Å². The third kappa shape index (κ3) is 2.79. The summed E-state index contributed by atoms with van der Waals surface area (Å²) >= 11 is 4.89. The summed E-state index contributed by atoms with van der Waals surface area (Å²) in [4.78, 5) is 11.7. The molecule has 0 amide bonds. The van der Waals surface area contributed by atoms with E-state index in [2.05, 4.69) is 20.7 Å². The summed E-state index contributed by atoms with van der Waals surface area (Å²) in [6, 6.07) is 3.86. The molecule has 0 unspecified atom stereocenters. The van der Waals surface area contributed by atoms with E-state index in [1.165, 1.54) is 13.2 Å². The highest BCUT2D eigenvalue weighted by molar-refractivity contribution is 9.11. The van der Waals surface area contributed by atoms with Gasteiger partial charge in [0.2, 0.25) is 0 Å². The molecule has 0 aromatic carbocycles. The quantitative estimate of drug-likeness (QED) is 0.593. The van der Waals surface area contributed by atoms with Crippen LogP contribution in [0.2, 0.25) is 0 Å². The van der Waals surface area contributed by atoms with Gasteiger partial charge < -0.3 is 4.74 Å². The van der Waals surface area contributed by atoms with E-state index >= 15 is 0 Å². The van der Waals surface area contributed by atoms with Gasteiger partial charge in [0.25, 0.3) is 0 Å². The Morgan fingerprint density at radius 2 is 2.42 bits per heavy atom. The molecular formula is C8H7BrO2S. The number of halogens is 1. The highest BCUT2D eigenvalue weighted by Gasteiger charge is 1.94. The molecule has 0 fully saturated rings. The molecule has 0 spiro atoms. The summed E-state index contributed by atoms with van der Waals surface area (Å²) in [5, 5.41) is 0. The fourth-order valence-electron chi connectivity index (χ4n) is 0.636. The molecule has 1 rings (SSSR count). The second kappa shape index (κ2) is 4.42. The van der Waals surface area contributed by atoms with Gasteiger partial charge in [-0.05, 0) is 34.1 Å². The van der Waals surface area contributed by atoms with Gasteiger partial charge in [0.1, 0.15) is 0 Å². The maximum atomic E-state index is 10.7. The van der Waals surface area contributed by atoms with Gasteiger partial charge >= 0.3 is 5.97 Å². The van der Waals surface area contributed by atoms with Crippen LogP contribution in [0, 0.1) is 0 Å². The zero-order chi connectivity index (χ0) is 8.97. The maximum absolute atomic E-state index is 10.7. The largest absolute Gasteiger partial charge is 0.466 e. The van der Waals surface area contributed by atoms with Crippen molar-refractivity contribution in [2.75, 3.05) is 7.11 Å². The lowest BCUT2D eigenvalue weighted by Gasteiger charge is -1.87. The van der Waals surface area contributed by atoms with Crippen molar-refractivity contribution < 1.29 is 9.53 Å². The van der Waals surface area contributed by atoms with E-state index in [1.807, 2.05) is 12.1 Å². The molecule has 0 aliphatic heterocycles. The van der Waals surface area contributed by atoms with Gasteiger partial charge in [-0.15, -0.1) is 11.3 Å². The van der Waals surface area contributed by atoms with Crippen LogP contribution in [0.5, 0.6) is 0 Å². The minimum atomic E-state index is -0.334. The second-order valence-corrected chi connectivity index (χ2v) is 4.49. The molecule has 0 aliphatic rings. The number of thiophene rings is 1. The van der Waals surface area contributed by atoms with Gasteiger partial charge in [0, 0.05) is 11.0 Å². The molecule has 0 saturated heterocycles. The van der Waals surface area contributed by atoms with Crippen molar-refractivity contribution in [2.24, 2.45) is 0 Å². The lowest BCUT2D eigenvalue weighted by molar-refractivity contribution is -0.134. The van der Waals surface area contributed by atoms with E-state index in [1.54, 1.807) is 17.4 Å². The number of esters is 1. The van der Waals surface area contributed by atoms with Crippen LogP contribution in [-0.4, -0.2) is 13.1 Å². The standard InChI is InChI=1S/C8H7BrO2S/c1-11-8(10)5-3-6-2-4-7(9)12-6/h2-5H,1H3/b5-3+. The molecule has 1 aromatic heterocycles. The summed E-state index contributed by atoms with van der Waals surface area (Å²) in [5.74, 6) is -0.334. The topological polar surface area (TPSA) is 26.3 Å². The minimum Gasteiger partial charge on any atom is -0.466 e. The third-order valence-corrected chi connectivity index (χ3v) is 2.77. The Balaban J connectivity index is 2.63. The minimum absolute atomic E-state index is 0.334. The predicted octanol–water partition coefficient (Wildman–Crippen LogP) is 2.70. The lowest BCUT2D eigenvalue weighted by atomic mass is 10.4. The molecule has 0 saturated carbocycles. The number of hydrogen-bond acceptors (Lipinski definition) is 3. The van der Waals surface area contributed by atoms with Crippen molar-refractivity contribution in [2.45, 2.75) is 0 Å². The molecule has 1 heterocycles. The number of carbonyl (C=O) groups excluding carboxylic acids is 1. The zero-order valence-corrected chi connectivity index (χ0v) is 8.81. The van der Waals surface area contributed by atoms with Gasteiger partial charge in [-0.2, -0.15) is 0 Å². The van der Waals surface area contributed by atoms with Crippen LogP contribution in [0.3, 0.4) is 0 Å². The van der Waals surface area contributed by atoms with E-state index < -0.39 is 0 Å². The Morgan fingerprint density at radius 1 is 1.67 bits per heavy atom. The van der Waals surface area contributed by atoms with E-state index in [-0.39, 0.29) is 5.97 Å². The fraction of sp³-hybridized carbons (Fsp3) is 0.125. The van der Waals surface area contributed by atoms with Crippen LogP contribution >= 0.6 is 27.3 Å². The Bertz CT molecular complexity index is 304. The van der Waals surface area contributed by atoms with Crippen LogP contribution in [0.4, 0.5) is 0 Å². The molecule has 0 radical (unpaired) electrons. The molecule has 0 aliphatic carbocycles. The van der Waals surface area contributed by atoms with Gasteiger partial charge in [0.15, 0.2) is 0 Å². The number of carbonyl (C=O) groups is 1. The summed E-state index contributed by atoms with van der Waals surface area (Å²) in [6.45, 7) is 0. The van der Waals surface area contributed by atoms with E-state index in [0.29, 0.717) is 0 Å². The van der Waals surface area contributed by atoms with Crippen molar-refractivity contribution in [3.05, 3.63) is 26.9 Å². The number of rotatable bonds is 2. The number of methoxy groups -OCH3 is 1. The average Bonchev–Trinajstić information content (AvgIpc) is 2.47. The first kappa shape index (κ1) is 9.48.